The van der Waals surface area contributed by atoms with Crippen LogP contribution in [0.5, 0.6) is 0 Å². The van der Waals surface area contributed by atoms with Gasteiger partial charge in [0.25, 0.3) is 0 Å². The van der Waals surface area contributed by atoms with Crippen LogP contribution in [0.3, 0.4) is 0 Å². The second-order valence-electron chi connectivity index (χ2n) is 7.88. The van der Waals surface area contributed by atoms with Crippen LogP contribution in [0.2, 0.25) is 0 Å². The van der Waals surface area contributed by atoms with E-state index in [4.69, 9.17) is 4.99 Å². The molecule has 30 heavy (non-hydrogen) atoms. The highest BCUT2D eigenvalue weighted by atomic mass is 32.1. The smallest absolute Gasteiger partial charge is 0.163 e. The van der Waals surface area contributed by atoms with Crippen molar-refractivity contribution in [3.05, 3.63) is 63.0 Å². The predicted molar refractivity (Wildman–Crippen MR) is 124 cm³/mol. The highest BCUT2D eigenvalue weighted by molar-refractivity contribution is 7.15. The van der Waals surface area contributed by atoms with Gasteiger partial charge in [0.05, 0.1) is 5.71 Å². The molecular formula is C24H30N4OS. The molecule has 0 amide bonds. The summed E-state index contributed by atoms with van der Waals surface area (Å²) in [5.41, 5.74) is 5.55. The van der Waals surface area contributed by atoms with E-state index >= 15 is 0 Å². The van der Waals surface area contributed by atoms with E-state index in [1.54, 1.807) is 18.3 Å². The summed E-state index contributed by atoms with van der Waals surface area (Å²) in [5.74, 6) is 1.66. The number of rotatable bonds is 3. The van der Waals surface area contributed by atoms with Crippen molar-refractivity contribution in [3.63, 3.8) is 0 Å². The molecule has 0 unspecified atom stereocenters. The number of ketones is 1. The first-order valence-corrected chi connectivity index (χ1v) is 11.3. The fourth-order valence-corrected chi connectivity index (χ4v) is 4.72. The van der Waals surface area contributed by atoms with E-state index in [9.17, 15) is 4.79 Å². The third-order valence-electron chi connectivity index (χ3n) is 5.05. The van der Waals surface area contributed by atoms with Gasteiger partial charge in [-0.1, -0.05) is 50.1 Å². The van der Waals surface area contributed by atoms with Crippen LogP contribution in [-0.2, 0) is 4.79 Å². The molecule has 1 aliphatic rings. The molecule has 0 saturated carbocycles. The molecule has 1 atom stereocenters. The predicted octanol–water partition coefficient (Wildman–Crippen LogP) is 5.85. The van der Waals surface area contributed by atoms with Crippen LogP contribution in [0.25, 0.3) is 5.00 Å². The summed E-state index contributed by atoms with van der Waals surface area (Å²) in [6.07, 6.45) is 1.57. The van der Waals surface area contributed by atoms with Gasteiger partial charge in [0, 0.05) is 22.4 Å². The molecule has 0 saturated heterocycles. The zero-order valence-corrected chi connectivity index (χ0v) is 19.7. The lowest BCUT2D eigenvalue weighted by Crippen LogP contribution is -2.09. The number of carbonyl (C=O) groups excluding carboxylic acids is 1. The fraction of sp³-hybridized carbons (Fsp3) is 0.417. The van der Waals surface area contributed by atoms with Crippen molar-refractivity contribution in [2.24, 2.45) is 4.99 Å². The third-order valence-corrected chi connectivity index (χ3v) is 6.24. The molecule has 0 spiro atoms. The van der Waals surface area contributed by atoms with E-state index in [-0.39, 0.29) is 11.8 Å². The number of hydrogen-bond donors (Lipinski definition) is 0. The van der Waals surface area contributed by atoms with Crippen molar-refractivity contribution in [3.8, 4) is 5.00 Å². The molecule has 3 aromatic rings. The molecule has 0 N–H and O–H groups in total. The first-order valence-electron chi connectivity index (χ1n) is 10.4. The lowest BCUT2D eigenvalue weighted by atomic mass is 9.99. The largest absolute Gasteiger partial charge is 0.300 e. The van der Waals surface area contributed by atoms with E-state index in [0.29, 0.717) is 6.42 Å². The SMILES string of the molecule is CC(=O)C[C@@H]1N=C(c2ccc(C)cc2)c2c(sc(C)c2C)-n2c(C)nnc21.CCC. The maximum absolute atomic E-state index is 11.9. The Morgan fingerprint density at radius 2 is 1.70 bits per heavy atom. The van der Waals surface area contributed by atoms with Crippen molar-refractivity contribution in [2.75, 3.05) is 0 Å². The number of aliphatic imine (C=N–C) groups is 1. The molecule has 1 aromatic carbocycles. The molecule has 3 heterocycles. The molecule has 6 heteroatoms. The summed E-state index contributed by atoms with van der Waals surface area (Å²) in [6, 6.07) is 8.08. The van der Waals surface area contributed by atoms with Crippen molar-refractivity contribution >= 4 is 22.8 Å². The normalized spacial score (nSPS) is 14.8. The zero-order valence-electron chi connectivity index (χ0n) is 18.9. The highest BCUT2D eigenvalue weighted by Crippen LogP contribution is 2.39. The van der Waals surface area contributed by atoms with E-state index in [1.165, 1.54) is 22.4 Å². The van der Waals surface area contributed by atoms with Crippen molar-refractivity contribution in [1.82, 2.24) is 14.8 Å². The van der Waals surface area contributed by atoms with Gasteiger partial charge in [0.1, 0.15) is 22.7 Å². The number of aromatic nitrogens is 3. The number of nitrogens with zero attached hydrogens (tertiary/aromatic N) is 4. The van der Waals surface area contributed by atoms with Crippen LogP contribution in [-0.4, -0.2) is 26.3 Å². The van der Waals surface area contributed by atoms with Gasteiger partial charge in [-0.05, 0) is 40.2 Å². The Bertz CT molecular complexity index is 1090. The summed E-state index contributed by atoms with van der Waals surface area (Å²) >= 11 is 1.73. The number of thiophene rings is 1. The number of aryl methyl sites for hydroxylation is 3. The Morgan fingerprint density at radius 1 is 1.07 bits per heavy atom. The van der Waals surface area contributed by atoms with E-state index in [0.717, 1.165) is 33.5 Å². The maximum Gasteiger partial charge on any atom is 0.163 e. The fourth-order valence-electron chi connectivity index (χ4n) is 3.51. The monoisotopic (exact) mass is 422 g/mol. The topological polar surface area (TPSA) is 60.1 Å². The van der Waals surface area contributed by atoms with E-state index in [2.05, 4.69) is 73.6 Å². The molecule has 0 aliphatic carbocycles. The molecule has 158 valence electrons. The Labute approximate surface area is 182 Å². The van der Waals surface area contributed by atoms with Crippen LogP contribution in [0.1, 0.15) is 78.4 Å². The van der Waals surface area contributed by atoms with Crippen molar-refractivity contribution < 1.29 is 4.79 Å². The molecule has 2 aromatic heterocycles. The summed E-state index contributed by atoms with van der Waals surface area (Å²) in [4.78, 5) is 18.3. The lowest BCUT2D eigenvalue weighted by molar-refractivity contribution is -0.117. The van der Waals surface area contributed by atoms with Gasteiger partial charge in [0.2, 0.25) is 0 Å². The van der Waals surface area contributed by atoms with Gasteiger partial charge in [-0.3, -0.25) is 14.4 Å². The minimum atomic E-state index is -0.334. The first-order chi connectivity index (χ1) is 14.3. The van der Waals surface area contributed by atoms with E-state index in [1.807, 2.05) is 6.92 Å². The average Bonchev–Trinajstić information content (AvgIpc) is 3.16. The molecule has 0 bridgehead atoms. The highest BCUT2D eigenvalue weighted by Gasteiger charge is 2.31. The van der Waals surface area contributed by atoms with Crippen molar-refractivity contribution in [1.29, 1.82) is 0 Å². The Balaban J connectivity index is 0.000000806. The first kappa shape index (κ1) is 22.1. The molecule has 1 aliphatic heterocycles. The summed E-state index contributed by atoms with van der Waals surface area (Å²) in [7, 11) is 0. The quantitative estimate of drug-likeness (QED) is 0.532. The number of carbonyl (C=O) groups is 1. The van der Waals surface area contributed by atoms with Crippen molar-refractivity contribution in [2.45, 2.75) is 67.3 Å². The van der Waals surface area contributed by atoms with E-state index < -0.39 is 0 Å². The molecular weight excluding hydrogens is 392 g/mol. The van der Waals surface area contributed by atoms with Gasteiger partial charge >= 0.3 is 0 Å². The Kier molecular flexibility index (Phi) is 6.66. The van der Waals surface area contributed by atoms with Crippen LogP contribution >= 0.6 is 11.3 Å². The van der Waals surface area contributed by atoms with Crippen LogP contribution in [0, 0.1) is 27.7 Å². The number of hydrogen-bond acceptors (Lipinski definition) is 5. The van der Waals surface area contributed by atoms with Crippen LogP contribution < -0.4 is 0 Å². The molecule has 4 rings (SSSR count). The van der Waals surface area contributed by atoms with Crippen LogP contribution in [0.4, 0.5) is 0 Å². The minimum Gasteiger partial charge on any atom is -0.300 e. The van der Waals surface area contributed by atoms with Gasteiger partial charge in [0.15, 0.2) is 5.82 Å². The average molecular weight is 423 g/mol. The Morgan fingerprint density at radius 3 is 2.30 bits per heavy atom. The number of Topliss-reactive ketones (excluding diaryl/α,β-unsaturated/α-hetero) is 1. The van der Waals surface area contributed by atoms with Gasteiger partial charge in [-0.2, -0.15) is 0 Å². The molecule has 0 radical (unpaired) electrons. The zero-order chi connectivity index (χ0) is 22.0. The maximum atomic E-state index is 11.9. The summed E-state index contributed by atoms with van der Waals surface area (Å²) in [5, 5.41) is 9.77. The molecule has 5 nitrogen and oxygen atoms in total. The molecule has 0 fully saturated rings. The lowest BCUT2D eigenvalue weighted by Gasteiger charge is -2.11. The third kappa shape index (κ3) is 4.15. The summed E-state index contributed by atoms with van der Waals surface area (Å²) < 4.78 is 2.08. The van der Waals surface area contributed by atoms with Crippen LogP contribution in [0.15, 0.2) is 29.3 Å². The minimum absolute atomic E-state index is 0.0948. The van der Waals surface area contributed by atoms with Gasteiger partial charge < -0.3 is 0 Å². The number of fused-ring (bicyclic) bond motifs is 3. The van der Waals surface area contributed by atoms with Gasteiger partial charge in [-0.15, -0.1) is 21.5 Å². The second-order valence-corrected chi connectivity index (χ2v) is 9.08. The Hall–Kier alpha value is -2.60. The second kappa shape index (κ2) is 9.04. The standard InChI is InChI=1S/C21H22N4OS.C3H8/c1-11-6-8-16(9-7-11)19-18-13(3)14(4)27-21(18)25-15(5)23-24-20(25)17(22-19)10-12(2)26;1-3-2/h6-9,17H,10H2,1-5H3;3H2,1-2H3/t17-;/m0./s1. The summed E-state index contributed by atoms with van der Waals surface area (Å²) in [6.45, 7) is 14.1. The number of benzene rings is 1. The van der Waals surface area contributed by atoms with Gasteiger partial charge in [-0.25, -0.2) is 0 Å².